The van der Waals surface area contributed by atoms with Gasteiger partial charge in [-0.05, 0) is 36.5 Å². The number of unbranched alkanes of at least 4 members (excludes halogenated alkanes) is 6. The first-order valence-electron chi connectivity index (χ1n) is 11.9. The predicted molar refractivity (Wildman–Crippen MR) is 129 cm³/mol. The number of carbonyl (C=O) groups is 1. The lowest BCUT2D eigenvalue weighted by Crippen LogP contribution is -2.08. The standard InChI is InChI=1S/C27H34F3NO4/c1-33-20-24(26(32)34-2)23-16-10-9-13-21(23)19-35-25-17-12-15-22(31-25)14-8-6-4-3-5-7-11-18-27(28,29)30/h9-10,12-13,15-17,20H,3-8,11,14,18-19H2,1-2H3. The van der Waals surface area contributed by atoms with Crippen LogP contribution in [0.3, 0.4) is 0 Å². The first-order chi connectivity index (χ1) is 16.8. The summed E-state index contributed by atoms with van der Waals surface area (Å²) >= 11 is 0. The summed E-state index contributed by atoms with van der Waals surface area (Å²) in [5, 5.41) is 0. The summed E-state index contributed by atoms with van der Waals surface area (Å²) in [6, 6.07) is 13.0. The Balaban J connectivity index is 1.80. The summed E-state index contributed by atoms with van der Waals surface area (Å²) in [4.78, 5) is 16.7. The zero-order valence-corrected chi connectivity index (χ0v) is 20.4. The zero-order chi connectivity index (χ0) is 25.5. The Bertz CT molecular complexity index is 944. The van der Waals surface area contributed by atoms with Gasteiger partial charge in [-0.1, -0.05) is 62.4 Å². The van der Waals surface area contributed by atoms with E-state index < -0.39 is 18.6 Å². The van der Waals surface area contributed by atoms with Gasteiger partial charge in [0.25, 0.3) is 0 Å². The van der Waals surface area contributed by atoms with Crippen LogP contribution in [-0.4, -0.2) is 31.3 Å². The molecule has 0 N–H and O–H groups in total. The molecule has 192 valence electrons. The van der Waals surface area contributed by atoms with Crippen molar-refractivity contribution in [1.82, 2.24) is 4.98 Å². The van der Waals surface area contributed by atoms with Crippen LogP contribution in [0.2, 0.25) is 0 Å². The number of hydrogen-bond acceptors (Lipinski definition) is 5. The first-order valence-corrected chi connectivity index (χ1v) is 11.9. The van der Waals surface area contributed by atoms with Gasteiger partial charge in [0.15, 0.2) is 0 Å². The highest BCUT2D eigenvalue weighted by Gasteiger charge is 2.25. The zero-order valence-electron chi connectivity index (χ0n) is 20.4. The Morgan fingerprint density at radius 3 is 2.29 bits per heavy atom. The van der Waals surface area contributed by atoms with E-state index >= 15 is 0 Å². The van der Waals surface area contributed by atoms with Gasteiger partial charge in [-0.3, -0.25) is 0 Å². The Morgan fingerprint density at radius 2 is 1.60 bits per heavy atom. The molecule has 0 aliphatic rings. The van der Waals surface area contributed by atoms with Crippen LogP contribution in [0.25, 0.3) is 5.57 Å². The van der Waals surface area contributed by atoms with Crippen molar-refractivity contribution in [1.29, 1.82) is 0 Å². The number of nitrogens with zero attached hydrogens (tertiary/aromatic N) is 1. The molecule has 0 bridgehead atoms. The van der Waals surface area contributed by atoms with Crippen molar-refractivity contribution in [3.05, 3.63) is 65.5 Å². The SMILES string of the molecule is COC=C(C(=O)OC)c1ccccc1COc1cccc(CCCCCCCCCC(F)(F)F)n1. The number of halogens is 3. The van der Waals surface area contributed by atoms with E-state index in [9.17, 15) is 18.0 Å². The molecular weight excluding hydrogens is 459 g/mol. The minimum Gasteiger partial charge on any atom is -0.503 e. The number of alkyl halides is 3. The van der Waals surface area contributed by atoms with Crippen LogP contribution >= 0.6 is 0 Å². The third-order valence-electron chi connectivity index (χ3n) is 5.50. The summed E-state index contributed by atoms with van der Waals surface area (Å²) in [5.74, 6) is -0.00182. The third kappa shape index (κ3) is 10.8. The van der Waals surface area contributed by atoms with Gasteiger partial charge in [0.2, 0.25) is 5.88 Å². The number of hydrogen-bond donors (Lipinski definition) is 0. The van der Waals surface area contributed by atoms with Crippen molar-refractivity contribution in [2.75, 3.05) is 14.2 Å². The van der Waals surface area contributed by atoms with E-state index in [1.54, 1.807) is 12.1 Å². The van der Waals surface area contributed by atoms with Gasteiger partial charge < -0.3 is 14.2 Å². The van der Waals surface area contributed by atoms with Crippen molar-refractivity contribution in [2.24, 2.45) is 0 Å². The van der Waals surface area contributed by atoms with E-state index in [0.717, 1.165) is 49.8 Å². The summed E-state index contributed by atoms with van der Waals surface area (Å²) in [6.45, 7) is 0.221. The minimum absolute atomic E-state index is 0.220. The third-order valence-corrected chi connectivity index (χ3v) is 5.50. The first kappa shape index (κ1) is 28.2. The van der Waals surface area contributed by atoms with Crippen molar-refractivity contribution in [3.63, 3.8) is 0 Å². The van der Waals surface area contributed by atoms with Crippen LogP contribution in [0, 0.1) is 0 Å². The monoisotopic (exact) mass is 493 g/mol. The molecule has 0 fully saturated rings. The number of aryl methyl sites for hydroxylation is 1. The molecule has 35 heavy (non-hydrogen) atoms. The Kier molecular flexibility index (Phi) is 12.1. The smallest absolute Gasteiger partial charge is 0.389 e. The van der Waals surface area contributed by atoms with Crippen molar-refractivity contribution >= 4 is 11.5 Å². The van der Waals surface area contributed by atoms with Gasteiger partial charge in [-0.15, -0.1) is 0 Å². The fraction of sp³-hybridized carbons (Fsp3) is 0.481. The highest BCUT2D eigenvalue weighted by molar-refractivity contribution is 6.16. The lowest BCUT2D eigenvalue weighted by Gasteiger charge is -2.13. The lowest BCUT2D eigenvalue weighted by molar-refractivity contribution is -0.136. The molecule has 0 amide bonds. The highest BCUT2D eigenvalue weighted by atomic mass is 19.4. The van der Waals surface area contributed by atoms with Gasteiger partial charge in [0.1, 0.15) is 12.2 Å². The summed E-state index contributed by atoms with van der Waals surface area (Å²) in [6.07, 6.45) is 3.08. The Hall–Kier alpha value is -3.03. The van der Waals surface area contributed by atoms with E-state index in [0.29, 0.717) is 23.4 Å². The van der Waals surface area contributed by atoms with Crippen molar-refractivity contribution in [2.45, 2.75) is 70.6 Å². The minimum atomic E-state index is -4.04. The maximum Gasteiger partial charge on any atom is 0.389 e. The molecule has 2 aromatic rings. The average molecular weight is 494 g/mol. The maximum atomic E-state index is 12.2. The number of benzene rings is 1. The summed E-state index contributed by atoms with van der Waals surface area (Å²) in [7, 11) is 2.79. The quantitative estimate of drug-likeness (QED) is 0.115. The van der Waals surface area contributed by atoms with E-state index in [1.807, 2.05) is 30.3 Å². The summed E-state index contributed by atoms with van der Waals surface area (Å²) in [5.41, 5.74) is 2.69. The van der Waals surface area contributed by atoms with Crippen LogP contribution in [0.5, 0.6) is 5.88 Å². The van der Waals surface area contributed by atoms with Crippen LogP contribution < -0.4 is 4.74 Å². The number of carbonyl (C=O) groups excluding carboxylic acids is 1. The van der Waals surface area contributed by atoms with Crippen LogP contribution in [0.1, 0.15) is 68.2 Å². The fourth-order valence-corrected chi connectivity index (χ4v) is 3.70. The van der Waals surface area contributed by atoms with Gasteiger partial charge in [0, 0.05) is 18.2 Å². The van der Waals surface area contributed by atoms with Crippen molar-refractivity contribution < 1.29 is 32.2 Å². The number of methoxy groups -OCH3 is 2. The lowest BCUT2D eigenvalue weighted by atomic mass is 10.0. The molecule has 0 aliphatic carbocycles. The molecule has 0 atom stereocenters. The average Bonchev–Trinajstić information content (AvgIpc) is 2.84. The molecule has 0 spiro atoms. The number of rotatable bonds is 15. The number of aromatic nitrogens is 1. The van der Waals surface area contributed by atoms with E-state index in [4.69, 9.17) is 14.2 Å². The molecule has 0 saturated carbocycles. The molecule has 8 heteroatoms. The second-order valence-electron chi connectivity index (χ2n) is 8.26. The molecule has 0 radical (unpaired) electrons. The predicted octanol–water partition coefficient (Wildman–Crippen LogP) is 7.05. The molecule has 1 aromatic carbocycles. The molecule has 0 saturated heterocycles. The van der Waals surface area contributed by atoms with Gasteiger partial charge in [-0.2, -0.15) is 13.2 Å². The topological polar surface area (TPSA) is 57.7 Å². The van der Waals surface area contributed by atoms with Crippen LogP contribution in [-0.2, 0) is 27.3 Å². The largest absolute Gasteiger partial charge is 0.503 e. The van der Waals surface area contributed by atoms with E-state index in [-0.39, 0.29) is 13.0 Å². The molecular formula is C27H34F3NO4. The maximum absolute atomic E-state index is 12.2. The van der Waals surface area contributed by atoms with Crippen LogP contribution in [0.4, 0.5) is 13.2 Å². The fourth-order valence-electron chi connectivity index (χ4n) is 3.70. The molecule has 5 nitrogen and oxygen atoms in total. The van der Waals surface area contributed by atoms with Gasteiger partial charge in [-0.25, -0.2) is 9.78 Å². The van der Waals surface area contributed by atoms with Gasteiger partial charge >= 0.3 is 12.1 Å². The Labute approximate surface area is 205 Å². The summed E-state index contributed by atoms with van der Waals surface area (Å²) < 4.78 is 52.2. The van der Waals surface area contributed by atoms with Crippen molar-refractivity contribution in [3.8, 4) is 5.88 Å². The Morgan fingerprint density at radius 1 is 0.914 bits per heavy atom. The van der Waals surface area contributed by atoms with Gasteiger partial charge in [0.05, 0.1) is 20.5 Å². The van der Waals surface area contributed by atoms with E-state index in [2.05, 4.69) is 4.98 Å². The highest BCUT2D eigenvalue weighted by Crippen LogP contribution is 2.24. The molecule has 2 rings (SSSR count). The molecule has 1 aromatic heterocycles. The molecule has 0 aliphatic heterocycles. The second-order valence-corrected chi connectivity index (χ2v) is 8.26. The normalized spacial score (nSPS) is 11.9. The number of pyridine rings is 1. The number of esters is 1. The molecule has 0 unspecified atom stereocenters. The number of ether oxygens (including phenoxy) is 3. The van der Waals surface area contributed by atoms with E-state index in [1.165, 1.54) is 20.5 Å². The molecule has 1 heterocycles. The van der Waals surface area contributed by atoms with Crippen LogP contribution in [0.15, 0.2) is 48.7 Å². The second kappa shape index (κ2) is 15.1.